The Bertz CT molecular complexity index is 493. The molecule has 0 aromatic heterocycles. The SMILES string of the molecule is CCC1CN(C)CCCN1c1ccc(C(=O)O)c(F)c1. The maximum absolute atomic E-state index is 13.8. The van der Waals surface area contributed by atoms with Crippen molar-refractivity contribution in [3.05, 3.63) is 29.6 Å². The minimum Gasteiger partial charge on any atom is -0.478 e. The fourth-order valence-electron chi connectivity index (χ4n) is 2.79. The monoisotopic (exact) mass is 280 g/mol. The minimum absolute atomic E-state index is 0.270. The van der Waals surface area contributed by atoms with Crippen LogP contribution in [0.15, 0.2) is 18.2 Å². The van der Waals surface area contributed by atoms with Crippen molar-refractivity contribution in [2.45, 2.75) is 25.8 Å². The molecule has 110 valence electrons. The fourth-order valence-corrected chi connectivity index (χ4v) is 2.79. The summed E-state index contributed by atoms with van der Waals surface area (Å²) in [6.45, 7) is 4.97. The molecule has 0 radical (unpaired) electrons. The molecule has 5 heteroatoms. The van der Waals surface area contributed by atoms with Crippen LogP contribution in [-0.4, -0.2) is 48.7 Å². The van der Waals surface area contributed by atoms with E-state index in [1.807, 2.05) is 0 Å². The van der Waals surface area contributed by atoms with E-state index in [0.717, 1.165) is 38.2 Å². The number of anilines is 1. The molecule has 0 spiro atoms. The van der Waals surface area contributed by atoms with Gasteiger partial charge in [-0.2, -0.15) is 0 Å². The normalized spacial score (nSPS) is 20.8. The number of halogens is 1. The molecule has 0 amide bonds. The number of carboxylic acids is 1. The van der Waals surface area contributed by atoms with Gasteiger partial charge in [-0.25, -0.2) is 9.18 Å². The number of hydrogen-bond acceptors (Lipinski definition) is 3. The van der Waals surface area contributed by atoms with Gasteiger partial charge in [-0.3, -0.25) is 0 Å². The highest BCUT2D eigenvalue weighted by molar-refractivity contribution is 5.88. The molecule has 1 N–H and O–H groups in total. The number of rotatable bonds is 3. The van der Waals surface area contributed by atoms with Gasteiger partial charge in [0.1, 0.15) is 5.82 Å². The highest BCUT2D eigenvalue weighted by Gasteiger charge is 2.23. The first-order chi connectivity index (χ1) is 9.52. The first-order valence-electron chi connectivity index (χ1n) is 7.01. The molecule has 1 fully saturated rings. The molecular weight excluding hydrogens is 259 g/mol. The molecule has 1 atom stereocenters. The zero-order valence-electron chi connectivity index (χ0n) is 12.0. The summed E-state index contributed by atoms with van der Waals surface area (Å²) in [6.07, 6.45) is 2.00. The second-order valence-corrected chi connectivity index (χ2v) is 5.34. The maximum atomic E-state index is 13.8. The second-order valence-electron chi connectivity index (χ2n) is 5.34. The number of carbonyl (C=O) groups is 1. The lowest BCUT2D eigenvalue weighted by molar-refractivity contribution is 0.0692. The van der Waals surface area contributed by atoms with E-state index >= 15 is 0 Å². The molecule has 0 bridgehead atoms. The van der Waals surface area contributed by atoms with Gasteiger partial charge in [0.15, 0.2) is 0 Å². The van der Waals surface area contributed by atoms with Crippen LogP contribution >= 0.6 is 0 Å². The lowest BCUT2D eigenvalue weighted by atomic mass is 10.1. The maximum Gasteiger partial charge on any atom is 0.338 e. The van der Waals surface area contributed by atoms with Gasteiger partial charge in [0.2, 0.25) is 0 Å². The summed E-state index contributed by atoms with van der Waals surface area (Å²) >= 11 is 0. The summed E-state index contributed by atoms with van der Waals surface area (Å²) in [5.74, 6) is -1.89. The van der Waals surface area contributed by atoms with Gasteiger partial charge in [-0.1, -0.05) is 6.92 Å². The van der Waals surface area contributed by atoms with E-state index in [9.17, 15) is 9.18 Å². The first-order valence-corrected chi connectivity index (χ1v) is 7.01. The van der Waals surface area contributed by atoms with Gasteiger partial charge in [-0.15, -0.1) is 0 Å². The topological polar surface area (TPSA) is 43.8 Å². The van der Waals surface area contributed by atoms with Crippen molar-refractivity contribution in [2.75, 3.05) is 31.6 Å². The smallest absolute Gasteiger partial charge is 0.338 e. The van der Waals surface area contributed by atoms with Crippen LogP contribution in [0, 0.1) is 5.82 Å². The Morgan fingerprint density at radius 1 is 1.45 bits per heavy atom. The molecule has 1 heterocycles. The third-order valence-corrected chi connectivity index (χ3v) is 3.89. The van der Waals surface area contributed by atoms with Crippen molar-refractivity contribution in [2.24, 2.45) is 0 Å². The predicted molar refractivity (Wildman–Crippen MR) is 76.9 cm³/mol. The Morgan fingerprint density at radius 3 is 2.80 bits per heavy atom. The summed E-state index contributed by atoms with van der Waals surface area (Å²) < 4.78 is 13.8. The number of hydrogen-bond donors (Lipinski definition) is 1. The van der Waals surface area contributed by atoms with Gasteiger partial charge in [0, 0.05) is 24.8 Å². The molecule has 1 aromatic carbocycles. The highest BCUT2D eigenvalue weighted by atomic mass is 19.1. The van der Waals surface area contributed by atoms with Crippen LogP contribution in [0.25, 0.3) is 0 Å². The van der Waals surface area contributed by atoms with Crippen molar-refractivity contribution in [3.63, 3.8) is 0 Å². The van der Waals surface area contributed by atoms with E-state index in [0.29, 0.717) is 6.04 Å². The molecule has 1 aliphatic rings. The number of carboxylic acid groups (broad SMARTS) is 1. The number of benzene rings is 1. The molecule has 2 rings (SSSR count). The molecule has 0 aliphatic carbocycles. The zero-order chi connectivity index (χ0) is 14.7. The zero-order valence-corrected chi connectivity index (χ0v) is 12.0. The number of nitrogens with zero attached hydrogens (tertiary/aromatic N) is 2. The van der Waals surface area contributed by atoms with Gasteiger partial charge in [0.05, 0.1) is 5.56 Å². The van der Waals surface area contributed by atoms with Crippen LogP contribution in [-0.2, 0) is 0 Å². The van der Waals surface area contributed by atoms with Crippen molar-refractivity contribution in [1.82, 2.24) is 4.90 Å². The van der Waals surface area contributed by atoms with Crippen molar-refractivity contribution in [1.29, 1.82) is 0 Å². The lowest BCUT2D eigenvalue weighted by Crippen LogP contribution is -2.39. The van der Waals surface area contributed by atoms with Gasteiger partial charge in [-0.05, 0) is 44.6 Å². The Labute approximate surface area is 118 Å². The standard InChI is InChI=1S/C15H21FN2O2/c1-3-11-10-17(2)7-4-8-18(11)12-5-6-13(15(19)20)14(16)9-12/h5-6,9,11H,3-4,7-8,10H2,1-2H3,(H,19,20). The molecule has 20 heavy (non-hydrogen) atoms. The largest absolute Gasteiger partial charge is 0.478 e. The molecule has 4 nitrogen and oxygen atoms in total. The molecule has 1 aliphatic heterocycles. The van der Waals surface area contributed by atoms with Crippen molar-refractivity contribution >= 4 is 11.7 Å². The van der Waals surface area contributed by atoms with Crippen LogP contribution in [0.2, 0.25) is 0 Å². The predicted octanol–water partition coefficient (Wildman–Crippen LogP) is 2.44. The summed E-state index contributed by atoms with van der Waals surface area (Å²) in [5, 5.41) is 8.88. The van der Waals surface area contributed by atoms with Crippen molar-refractivity contribution in [3.8, 4) is 0 Å². The van der Waals surface area contributed by atoms with Crippen LogP contribution in [0.4, 0.5) is 10.1 Å². The summed E-state index contributed by atoms with van der Waals surface area (Å²) in [7, 11) is 2.10. The number of aromatic carboxylic acids is 1. The Balaban J connectivity index is 2.28. The van der Waals surface area contributed by atoms with E-state index in [4.69, 9.17) is 5.11 Å². The van der Waals surface area contributed by atoms with Crippen LogP contribution in [0.1, 0.15) is 30.1 Å². The van der Waals surface area contributed by atoms with E-state index < -0.39 is 11.8 Å². The molecule has 1 saturated heterocycles. The molecule has 0 saturated carbocycles. The van der Waals surface area contributed by atoms with Crippen LogP contribution in [0.3, 0.4) is 0 Å². The van der Waals surface area contributed by atoms with Gasteiger partial charge >= 0.3 is 5.97 Å². The third kappa shape index (κ3) is 3.10. The highest BCUT2D eigenvalue weighted by Crippen LogP contribution is 2.24. The Kier molecular flexibility index (Phi) is 4.60. The molecular formula is C15H21FN2O2. The van der Waals surface area contributed by atoms with Crippen molar-refractivity contribution < 1.29 is 14.3 Å². The van der Waals surface area contributed by atoms with Crippen LogP contribution < -0.4 is 4.90 Å². The fraction of sp³-hybridized carbons (Fsp3) is 0.533. The number of likely N-dealkylation sites (N-methyl/N-ethyl adjacent to an activating group) is 1. The first kappa shape index (κ1) is 14.8. The Morgan fingerprint density at radius 2 is 2.20 bits per heavy atom. The van der Waals surface area contributed by atoms with E-state index in [-0.39, 0.29) is 5.56 Å². The van der Waals surface area contributed by atoms with Gasteiger partial charge in [0.25, 0.3) is 0 Å². The van der Waals surface area contributed by atoms with E-state index in [1.165, 1.54) is 12.1 Å². The quantitative estimate of drug-likeness (QED) is 0.923. The van der Waals surface area contributed by atoms with Crippen LogP contribution in [0.5, 0.6) is 0 Å². The molecule has 1 unspecified atom stereocenters. The van der Waals surface area contributed by atoms with E-state index in [2.05, 4.69) is 23.8 Å². The average molecular weight is 280 g/mol. The molecule has 1 aromatic rings. The summed E-state index contributed by atoms with van der Waals surface area (Å²) in [6, 6.07) is 4.74. The van der Waals surface area contributed by atoms with Gasteiger partial charge < -0.3 is 14.9 Å². The van der Waals surface area contributed by atoms with E-state index in [1.54, 1.807) is 6.07 Å². The average Bonchev–Trinajstić information content (AvgIpc) is 2.59. The summed E-state index contributed by atoms with van der Waals surface area (Å²) in [4.78, 5) is 15.3. The second kappa shape index (κ2) is 6.22. The summed E-state index contributed by atoms with van der Waals surface area (Å²) in [5.41, 5.74) is 0.503. The third-order valence-electron chi connectivity index (χ3n) is 3.89. The lowest BCUT2D eigenvalue weighted by Gasteiger charge is -2.32. The minimum atomic E-state index is -1.23. The Hall–Kier alpha value is -1.62.